The minimum atomic E-state index is -0.302. The summed E-state index contributed by atoms with van der Waals surface area (Å²) in [5, 5.41) is 10.7. The number of nitrogens with zero attached hydrogens (tertiary/aromatic N) is 3. The van der Waals surface area contributed by atoms with E-state index in [-0.39, 0.29) is 6.17 Å². The fourth-order valence-electron chi connectivity index (χ4n) is 7.18. The maximum atomic E-state index is 6.61. The lowest BCUT2D eigenvalue weighted by Crippen LogP contribution is -2.33. The van der Waals surface area contributed by atoms with Crippen LogP contribution in [0.5, 0.6) is 0 Å². The Hall–Kier alpha value is -6.46. The molecule has 10 rings (SSSR count). The summed E-state index contributed by atoms with van der Waals surface area (Å²) in [5.74, 6) is 1.43. The minimum absolute atomic E-state index is 0.302. The van der Waals surface area contributed by atoms with Gasteiger partial charge in [0.15, 0.2) is 5.84 Å². The molecule has 1 atom stereocenters. The van der Waals surface area contributed by atoms with Crippen LogP contribution in [0.1, 0.15) is 22.9 Å². The summed E-state index contributed by atoms with van der Waals surface area (Å²) in [6.45, 7) is 0. The van der Waals surface area contributed by atoms with E-state index in [1.165, 1.54) is 21.5 Å². The van der Waals surface area contributed by atoms with Crippen molar-refractivity contribution >= 4 is 66.2 Å². The topological polar surface area (TPSA) is 54.8 Å². The Morgan fingerprint density at radius 1 is 0.542 bits per heavy atom. The predicted octanol–water partition coefficient (Wildman–Crippen LogP) is 10.3. The van der Waals surface area contributed by atoms with E-state index in [1.807, 2.05) is 48.5 Å². The van der Waals surface area contributed by atoms with Gasteiger partial charge in [-0.05, 0) is 52.7 Å². The quantitative estimate of drug-likeness (QED) is 0.214. The number of aliphatic imine (C=N–C) groups is 2. The van der Waals surface area contributed by atoms with Gasteiger partial charge in [0.05, 0.1) is 22.1 Å². The third-order valence-corrected chi connectivity index (χ3v) is 9.40. The van der Waals surface area contributed by atoms with Crippen molar-refractivity contribution in [1.82, 2.24) is 9.88 Å². The van der Waals surface area contributed by atoms with E-state index in [4.69, 9.17) is 14.4 Å². The number of amidine groups is 2. The lowest BCUT2D eigenvalue weighted by molar-refractivity contribution is 0.666. The van der Waals surface area contributed by atoms with Crippen molar-refractivity contribution in [3.05, 3.63) is 174 Å². The predicted molar refractivity (Wildman–Crippen MR) is 197 cm³/mol. The van der Waals surface area contributed by atoms with Gasteiger partial charge in [-0.15, -0.1) is 0 Å². The van der Waals surface area contributed by atoms with E-state index in [2.05, 4.69) is 119 Å². The van der Waals surface area contributed by atoms with Gasteiger partial charge in [-0.3, -0.25) is 0 Å². The van der Waals surface area contributed by atoms with E-state index in [0.29, 0.717) is 5.84 Å². The molecule has 2 aromatic heterocycles. The Bertz CT molecular complexity index is 2750. The summed E-state index contributed by atoms with van der Waals surface area (Å²) < 4.78 is 9.01. The first-order valence-electron chi connectivity index (χ1n) is 16.2. The molecule has 48 heavy (non-hydrogen) atoms. The van der Waals surface area contributed by atoms with Crippen LogP contribution in [0, 0.1) is 0 Å². The molecule has 1 aliphatic rings. The molecule has 226 valence electrons. The van der Waals surface area contributed by atoms with Gasteiger partial charge < -0.3 is 14.3 Å². The third-order valence-electron chi connectivity index (χ3n) is 9.40. The highest BCUT2D eigenvalue weighted by Crippen LogP contribution is 2.40. The van der Waals surface area contributed by atoms with Gasteiger partial charge in [-0.1, -0.05) is 121 Å². The molecule has 1 aliphatic heterocycles. The largest absolute Gasteiger partial charge is 0.456 e. The highest BCUT2D eigenvalue weighted by Gasteiger charge is 2.24. The molecule has 1 unspecified atom stereocenters. The van der Waals surface area contributed by atoms with Crippen LogP contribution in [-0.4, -0.2) is 16.2 Å². The van der Waals surface area contributed by atoms with Crippen molar-refractivity contribution in [2.24, 2.45) is 9.98 Å². The minimum Gasteiger partial charge on any atom is -0.456 e. The zero-order chi connectivity index (χ0) is 31.6. The number of nitrogens with one attached hydrogen (secondary N) is 1. The number of hydrogen-bond donors (Lipinski definition) is 1. The summed E-state index contributed by atoms with van der Waals surface area (Å²) in [6.07, 6.45) is -0.302. The van der Waals surface area contributed by atoms with Gasteiger partial charge in [0, 0.05) is 27.3 Å². The molecule has 0 fully saturated rings. The van der Waals surface area contributed by atoms with Crippen LogP contribution >= 0.6 is 0 Å². The van der Waals surface area contributed by atoms with E-state index >= 15 is 0 Å². The number of aromatic nitrogens is 1. The number of rotatable bonds is 4. The molecule has 7 aromatic carbocycles. The van der Waals surface area contributed by atoms with E-state index in [0.717, 1.165) is 61.2 Å². The molecule has 0 saturated carbocycles. The molecule has 9 aromatic rings. The van der Waals surface area contributed by atoms with Crippen molar-refractivity contribution in [3.63, 3.8) is 0 Å². The zero-order valence-corrected chi connectivity index (χ0v) is 25.8. The van der Waals surface area contributed by atoms with Gasteiger partial charge in [-0.2, -0.15) is 0 Å². The maximum Gasteiger partial charge on any atom is 0.159 e. The Morgan fingerprint density at radius 2 is 1.23 bits per heavy atom. The fourth-order valence-corrected chi connectivity index (χ4v) is 7.18. The SMILES string of the molecule is c1ccc(C2=NC(c3ccccc3)NC(c3cc(-n4c5ccccc5c5cc6ccccc6cc54)c4c(c3)oc3ccccc34)=N2)cc1. The van der Waals surface area contributed by atoms with Crippen LogP contribution in [0.25, 0.3) is 60.2 Å². The van der Waals surface area contributed by atoms with Gasteiger partial charge in [0.2, 0.25) is 0 Å². The first-order chi connectivity index (χ1) is 23.8. The second-order valence-electron chi connectivity index (χ2n) is 12.3. The Kier molecular flexibility index (Phi) is 5.87. The Balaban J connectivity index is 1.28. The molecule has 1 N–H and O–H groups in total. The van der Waals surface area contributed by atoms with Crippen molar-refractivity contribution in [1.29, 1.82) is 0 Å². The Morgan fingerprint density at radius 3 is 2.06 bits per heavy atom. The van der Waals surface area contributed by atoms with Crippen LogP contribution in [0.2, 0.25) is 0 Å². The highest BCUT2D eigenvalue weighted by molar-refractivity contribution is 6.19. The van der Waals surface area contributed by atoms with Crippen molar-refractivity contribution in [2.45, 2.75) is 6.17 Å². The number of furan rings is 1. The monoisotopic (exact) mass is 616 g/mol. The molecule has 5 nitrogen and oxygen atoms in total. The van der Waals surface area contributed by atoms with Crippen LogP contribution in [-0.2, 0) is 0 Å². The first kappa shape index (κ1) is 26.7. The number of benzene rings is 7. The molecule has 0 amide bonds. The average Bonchev–Trinajstić information content (AvgIpc) is 3.69. The normalized spacial score (nSPS) is 14.9. The Labute approximate surface area is 276 Å². The summed E-state index contributed by atoms with van der Waals surface area (Å²) in [6, 6.07) is 55.0. The van der Waals surface area contributed by atoms with Crippen LogP contribution in [0.3, 0.4) is 0 Å². The molecule has 5 heteroatoms. The molecular weight excluding hydrogens is 589 g/mol. The van der Waals surface area contributed by atoms with Crippen LogP contribution in [0.4, 0.5) is 0 Å². The van der Waals surface area contributed by atoms with Gasteiger partial charge in [0.25, 0.3) is 0 Å². The molecule has 0 saturated heterocycles. The van der Waals surface area contributed by atoms with Crippen molar-refractivity contribution in [3.8, 4) is 5.69 Å². The van der Waals surface area contributed by atoms with Crippen LogP contribution in [0.15, 0.2) is 172 Å². The van der Waals surface area contributed by atoms with Crippen LogP contribution < -0.4 is 5.32 Å². The lowest BCUT2D eigenvalue weighted by atomic mass is 10.0. The summed E-state index contributed by atoms with van der Waals surface area (Å²) in [7, 11) is 0. The third kappa shape index (κ3) is 4.18. The van der Waals surface area contributed by atoms with Gasteiger partial charge >= 0.3 is 0 Å². The van der Waals surface area contributed by atoms with Crippen molar-refractivity contribution in [2.75, 3.05) is 0 Å². The van der Waals surface area contributed by atoms with Gasteiger partial charge in [0.1, 0.15) is 23.2 Å². The summed E-state index contributed by atoms with van der Waals surface area (Å²) >= 11 is 0. The second-order valence-corrected chi connectivity index (χ2v) is 12.3. The van der Waals surface area contributed by atoms with Crippen molar-refractivity contribution < 1.29 is 4.42 Å². The fraction of sp³-hybridized carbons (Fsp3) is 0.0233. The smallest absolute Gasteiger partial charge is 0.159 e. The lowest BCUT2D eigenvalue weighted by Gasteiger charge is -2.24. The number of fused-ring (bicyclic) bond motifs is 7. The summed E-state index contributed by atoms with van der Waals surface area (Å²) in [5.41, 5.74) is 7.94. The number of hydrogen-bond acceptors (Lipinski definition) is 4. The molecule has 0 radical (unpaired) electrons. The van der Waals surface area contributed by atoms with E-state index in [9.17, 15) is 0 Å². The maximum absolute atomic E-state index is 6.61. The van der Waals surface area contributed by atoms with E-state index < -0.39 is 0 Å². The molecule has 0 spiro atoms. The number of para-hydroxylation sites is 2. The molecule has 0 bridgehead atoms. The standard InChI is InChI=1S/C43H28N4O/c1-3-13-27(14-4-1)41-44-42(28-15-5-2-6-16-28)46-43(45-41)31-25-37(40-33-20-10-12-22-38(33)48-39(40)26-31)47-35-21-11-9-19-32(35)34-23-29-17-7-8-18-30(29)24-36(34)47/h1-26,41H,(H,44,45,46). The average molecular weight is 617 g/mol. The summed E-state index contributed by atoms with van der Waals surface area (Å²) in [4.78, 5) is 10.2. The first-order valence-corrected chi connectivity index (χ1v) is 16.2. The molecule has 3 heterocycles. The van der Waals surface area contributed by atoms with Gasteiger partial charge in [-0.25, -0.2) is 9.98 Å². The molecular formula is C43H28N4O. The zero-order valence-electron chi connectivity index (χ0n) is 25.8. The highest BCUT2D eigenvalue weighted by atomic mass is 16.3. The van der Waals surface area contributed by atoms with E-state index in [1.54, 1.807) is 0 Å². The second kappa shape index (κ2) is 10.5. The molecule has 0 aliphatic carbocycles.